The standard InChI is InChI=1S/C16H23NO5S/c1-21-15-5-3-13(4-6-15)7-9-17-12-14(11-16(17)18)8-10-22-23(2,19)20/h3-6,14H,7-12H2,1-2H3/t14-/m1/s1. The highest BCUT2D eigenvalue weighted by Gasteiger charge is 2.29. The molecule has 1 aromatic carbocycles. The molecule has 0 aromatic heterocycles. The van der Waals surface area contributed by atoms with Crippen molar-refractivity contribution in [1.29, 1.82) is 0 Å². The van der Waals surface area contributed by atoms with Gasteiger partial charge < -0.3 is 9.64 Å². The lowest BCUT2D eigenvalue weighted by molar-refractivity contribution is -0.127. The molecule has 0 radical (unpaired) electrons. The van der Waals surface area contributed by atoms with Gasteiger partial charge in [-0.2, -0.15) is 8.42 Å². The Morgan fingerprint density at radius 1 is 1.26 bits per heavy atom. The topological polar surface area (TPSA) is 72.9 Å². The monoisotopic (exact) mass is 341 g/mol. The van der Waals surface area contributed by atoms with Crippen LogP contribution >= 0.6 is 0 Å². The van der Waals surface area contributed by atoms with Gasteiger partial charge in [0.15, 0.2) is 0 Å². The molecule has 0 bridgehead atoms. The fourth-order valence-corrected chi connectivity index (χ4v) is 3.08. The van der Waals surface area contributed by atoms with Crippen molar-refractivity contribution in [2.75, 3.05) is 33.1 Å². The average molecular weight is 341 g/mol. The molecule has 0 saturated carbocycles. The molecule has 1 atom stereocenters. The number of amides is 1. The van der Waals surface area contributed by atoms with E-state index in [2.05, 4.69) is 0 Å². The molecule has 1 aromatic rings. The van der Waals surface area contributed by atoms with Crippen LogP contribution in [0.25, 0.3) is 0 Å². The molecule has 1 fully saturated rings. The second-order valence-electron chi connectivity index (χ2n) is 5.82. The predicted octanol–water partition coefficient (Wildman–Crippen LogP) is 1.45. The van der Waals surface area contributed by atoms with E-state index in [1.54, 1.807) is 7.11 Å². The van der Waals surface area contributed by atoms with Gasteiger partial charge in [0.25, 0.3) is 10.1 Å². The van der Waals surface area contributed by atoms with Gasteiger partial charge in [-0.15, -0.1) is 0 Å². The minimum absolute atomic E-state index is 0.128. The molecule has 2 rings (SSSR count). The third kappa shape index (κ3) is 5.84. The minimum Gasteiger partial charge on any atom is -0.497 e. The normalized spacial score (nSPS) is 18.4. The molecule has 23 heavy (non-hydrogen) atoms. The zero-order valence-corrected chi connectivity index (χ0v) is 14.3. The quantitative estimate of drug-likeness (QED) is 0.669. The van der Waals surface area contributed by atoms with Crippen molar-refractivity contribution in [1.82, 2.24) is 4.90 Å². The number of benzene rings is 1. The van der Waals surface area contributed by atoms with E-state index >= 15 is 0 Å². The number of rotatable bonds is 8. The molecule has 0 aliphatic carbocycles. The number of methoxy groups -OCH3 is 1. The van der Waals surface area contributed by atoms with E-state index in [-0.39, 0.29) is 18.4 Å². The van der Waals surface area contributed by atoms with Crippen molar-refractivity contribution < 1.29 is 22.1 Å². The van der Waals surface area contributed by atoms with Gasteiger partial charge in [0.2, 0.25) is 5.91 Å². The van der Waals surface area contributed by atoms with Crippen LogP contribution in [-0.4, -0.2) is 52.3 Å². The maximum Gasteiger partial charge on any atom is 0.264 e. The van der Waals surface area contributed by atoms with Crippen LogP contribution in [0.15, 0.2) is 24.3 Å². The third-order valence-electron chi connectivity index (χ3n) is 3.95. The molecule has 1 saturated heterocycles. The molecule has 0 spiro atoms. The van der Waals surface area contributed by atoms with Gasteiger partial charge in [0, 0.05) is 19.5 Å². The lowest BCUT2D eigenvalue weighted by Gasteiger charge is -2.16. The van der Waals surface area contributed by atoms with Gasteiger partial charge in [-0.3, -0.25) is 8.98 Å². The summed E-state index contributed by atoms with van der Waals surface area (Å²) in [5, 5.41) is 0. The molecule has 1 aliphatic heterocycles. The summed E-state index contributed by atoms with van der Waals surface area (Å²) in [5.74, 6) is 1.11. The maximum absolute atomic E-state index is 12.0. The first-order chi connectivity index (χ1) is 10.9. The van der Waals surface area contributed by atoms with Crippen LogP contribution < -0.4 is 4.74 Å². The predicted molar refractivity (Wildman–Crippen MR) is 86.8 cm³/mol. The Bertz CT molecular complexity index is 626. The Morgan fingerprint density at radius 3 is 2.57 bits per heavy atom. The van der Waals surface area contributed by atoms with Crippen LogP contribution in [-0.2, 0) is 25.5 Å². The number of ether oxygens (including phenoxy) is 1. The molecule has 1 amide bonds. The molecular formula is C16H23NO5S. The van der Waals surface area contributed by atoms with E-state index in [0.29, 0.717) is 25.9 Å². The Kier molecular flexibility index (Phi) is 6.01. The first kappa shape index (κ1) is 17.7. The van der Waals surface area contributed by atoms with E-state index in [1.165, 1.54) is 0 Å². The lowest BCUT2D eigenvalue weighted by atomic mass is 10.1. The molecule has 128 valence electrons. The van der Waals surface area contributed by atoms with E-state index in [4.69, 9.17) is 8.92 Å². The summed E-state index contributed by atoms with van der Waals surface area (Å²) in [6.45, 7) is 1.49. The van der Waals surface area contributed by atoms with Gasteiger partial charge in [0.05, 0.1) is 20.0 Å². The SMILES string of the molecule is COc1ccc(CCN2C[C@H](CCOS(C)(=O)=O)CC2=O)cc1. The van der Waals surface area contributed by atoms with Crippen molar-refractivity contribution in [3.05, 3.63) is 29.8 Å². The Labute approximate surface area is 137 Å². The smallest absolute Gasteiger partial charge is 0.264 e. The molecule has 0 unspecified atom stereocenters. The summed E-state index contributed by atoms with van der Waals surface area (Å²) >= 11 is 0. The number of carbonyl (C=O) groups excluding carboxylic acids is 1. The second kappa shape index (κ2) is 7.79. The fraction of sp³-hybridized carbons (Fsp3) is 0.562. The number of likely N-dealkylation sites (tertiary alicyclic amines) is 1. The Hall–Kier alpha value is -1.60. The van der Waals surface area contributed by atoms with Crippen LogP contribution in [0.2, 0.25) is 0 Å². The van der Waals surface area contributed by atoms with Crippen molar-refractivity contribution in [2.45, 2.75) is 19.3 Å². The molecule has 0 N–H and O–H groups in total. The molecule has 7 heteroatoms. The summed E-state index contributed by atoms with van der Waals surface area (Å²) in [5.41, 5.74) is 1.16. The van der Waals surface area contributed by atoms with Crippen LogP contribution in [0, 0.1) is 5.92 Å². The highest BCUT2D eigenvalue weighted by Crippen LogP contribution is 2.22. The van der Waals surface area contributed by atoms with Crippen LogP contribution in [0.4, 0.5) is 0 Å². The van der Waals surface area contributed by atoms with Gasteiger partial charge in [-0.1, -0.05) is 12.1 Å². The summed E-state index contributed by atoms with van der Waals surface area (Å²) < 4.78 is 31.7. The number of nitrogens with zero attached hydrogens (tertiary/aromatic N) is 1. The second-order valence-corrected chi connectivity index (χ2v) is 7.47. The lowest BCUT2D eigenvalue weighted by Crippen LogP contribution is -2.27. The van der Waals surface area contributed by atoms with E-state index in [1.807, 2.05) is 29.2 Å². The Balaban J connectivity index is 1.76. The number of carbonyl (C=O) groups is 1. The summed E-state index contributed by atoms with van der Waals surface area (Å²) in [6, 6.07) is 7.81. The van der Waals surface area contributed by atoms with Crippen molar-refractivity contribution in [3.8, 4) is 5.75 Å². The van der Waals surface area contributed by atoms with Gasteiger partial charge in [-0.25, -0.2) is 0 Å². The molecular weight excluding hydrogens is 318 g/mol. The summed E-state index contributed by atoms with van der Waals surface area (Å²) in [7, 11) is -1.77. The number of hydrogen-bond acceptors (Lipinski definition) is 5. The van der Waals surface area contributed by atoms with Gasteiger partial charge in [-0.05, 0) is 36.5 Å². The van der Waals surface area contributed by atoms with Crippen molar-refractivity contribution in [3.63, 3.8) is 0 Å². The van der Waals surface area contributed by atoms with E-state index in [0.717, 1.165) is 24.0 Å². The molecule has 1 heterocycles. The highest BCUT2D eigenvalue weighted by molar-refractivity contribution is 7.85. The van der Waals surface area contributed by atoms with Crippen LogP contribution in [0.3, 0.4) is 0 Å². The van der Waals surface area contributed by atoms with E-state index < -0.39 is 10.1 Å². The van der Waals surface area contributed by atoms with Crippen molar-refractivity contribution >= 4 is 16.0 Å². The average Bonchev–Trinajstić information content (AvgIpc) is 2.84. The number of hydrogen-bond donors (Lipinski definition) is 0. The molecule has 1 aliphatic rings. The summed E-state index contributed by atoms with van der Waals surface area (Å²) in [6.07, 6.45) is 2.88. The first-order valence-corrected chi connectivity index (χ1v) is 9.44. The third-order valence-corrected chi connectivity index (χ3v) is 4.54. The van der Waals surface area contributed by atoms with Gasteiger partial charge in [0.1, 0.15) is 5.75 Å². The largest absolute Gasteiger partial charge is 0.497 e. The summed E-state index contributed by atoms with van der Waals surface area (Å²) in [4.78, 5) is 13.9. The zero-order valence-electron chi connectivity index (χ0n) is 13.5. The van der Waals surface area contributed by atoms with Crippen LogP contribution in [0.5, 0.6) is 5.75 Å². The van der Waals surface area contributed by atoms with Crippen LogP contribution in [0.1, 0.15) is 18.4 Å². The maximum atomic E-state index is 12.0. The van der Waals surface area contributed by atoms with E-state index in [9.17, 15) is 13.2 Å². The highest BCUT2D eigenvalue weighted by atomic mass is 32.2. The van der Waals surface area contributed by atoms with Crippen molar-refractivity contribution in [2.24, 2.45) is 5.92 Å². The Morgan fingerprint density at radius 2 is 1.96 bits per heavy atom. The first-order valence-electron chi connectivity index (χ1n) is 7.62. The minimum atomic E-state index is -3.40. The zero-order chi connectivity index (χ0) is 16.9. The van der Waals surface area contributed by atoms with Gasteiger partial charge >= 0.3 is 0 Å². The molecule has 6 nitrogen and oxygen atoms in total. The fourth-order valence-electron chi connectivity index (χ4n) is 2.69.